The third kappa shape index (κ3) is 3.84. The highest BCUT2D eigenvalue weighted by atomic mass is 16.5. The molecule has 120 valence electrons. The zero-order chi connectivity index (χ0) is 16.1. The second-order valence-electron chi connectivity index (χ2n) is 5.45. The lowest BCUT2D eigenvalue weighted by Crippen LogP contribution is -2.41. The van der Waals surface area contributed by atoms with Crippen molar-refractivity contribution in [3.8, 4) is 0 Å². The minimum Gasteiger partial charge on any atom is -0.378 e. The van der Waals surface area contributed by atoms with Crippen LogP contribution < -0.4 is 5.32 Å². The highest BCUT2D eigenvalue weighted by Crippen LogP contribution is 2.16. The fraction of sp³-hybridized carbons (Fsp3) is 0.353. The summed E-state index contributed by atoms with van der Waals surface area (Å²) in [5.41, 5.74) is 1.55. The van der Waals surface area contributed by atoms with Crippen LogP contribution in [0.15, 0.2) is 42.6 Å². The lowest BCUT2D eigenvalue weighted by atomic mass is 10.1. The predicted molar refractivity (Wildman–Crippen MR) is 87.2 cm³/mol. The van der Waals surface area contributed by atoms with Gasteiger partial charge < -0.3 is 15.0 Å². The van der Waals surface area contributed by atoms with Crippen LogP contribution in [0.1, 0.15) is 29.0 Å². The molecule has 1 fully saturated rings. The van der Waals surface area contributed by atoms with E-state index in [4.69, 9.17) is 4.74 Å². The van der Waals surface area contributed by atoms with Crippen molar-refractivity contribution in [1.82, 2.24) is 14.9 Å². The second kappa shape index (κ2) is 7.19. The van der Waals surface area contributed by atoms with E-state index in [9.17, 15) is 4.79 Å². The number of ether oxygens (including phenoxy) is 1. The first kappa shape index (κ1) is 15.4. The lowest BCUT2D eigenvalue weighted by Gasteiger charge is -2.26. The first-order chi connectivity index (χ1) is 11.2. The van der Waals surface area contributed by atoms with Crippen molar-refractivity contribution < 1.29 is 9.53 Å². The van der Waals surface area contributed by atoms with Gasteiger partial charge in [-0.05, 0) is 18.6 Å². The number of benzene rings is 1. The van der Waals surface area contributed by atoms with Crippen molar-refractivity contribution in [2.45, 2.75) is 13.0 Å². The second-order valence-corrected chi connectivity index (χ2v) is 5.45. The molecule has 3 rings (SSSR count). The van der Waals surface area contributed by atoms with E-state index in [-0.39, 0.29) is 11.9 Å². The van der Waals surface area contributed by atoms with Gasteiger partial charge in [-0.3, -0.25) is 4.79 Å². The van der Waals surface area contributed by atoms with Gasteiger partial charge >= 0.3 is 0 Å². The number of carbonyl (C=O) groups is 1. The molecule has 23 heavy (non-hydrogen) atoms. The number of hydrogen-bond donors (Lipinski definition) is 1. The number of rotatable bonds is 4. The van der Waals surface area contributed by atoms with Gasteiger partial charge in [-0.2, -0.15) is 0 Å². The molecular weight excluding hydrogens is 292 g/mol. The number of carbonyl (C=O) groups excluding carboxylic acids is 1. The van der Waals surface area contributed by atoms with Gasteiger partial charge in [0.15, 0.2) is 0 Å². The van der Waals surface area contributed by atoms with E-state index in [0.717, 1.165) is 5.56 Å². The third-order valence-electron chi connectivity index (χ3n) is 3.82. The molecule has 1 amide bonds. The van der Waals surface area contributed by atoms with Crippen LogP contribution in [0.3, 0.4) is 0 Å². The number of aromatic nitrogens is 2. The van der Waals surface area contributed by atoms with Crippen LogP contribution in [-0.2, 0) is 4.74 Å². The lowest BCUT2D eigenvalue weighted by molar-refractivity contribution is 0.0299. The Hall–Kier alpha value is -2.47. The van der Waals surface area contributed by atoms with Gasteiger partial charge in [0.1, 0.15) is 5.69 Å². The van der Waals surface area contributed by atoms with E-state index in [2.05, 4.69) is 15.3 Å². The molecular formula is C17H20N4O2. The molecule has 2 heterocycles. The van der Waals surface area contributed by atoms with Gasteiger partial charge in [-0.15, -0.1) is 0 Å². The van der Waals surface area contributed by atoms with Gasteiger partial charge in [0.25, 0.3) is 5.91 Å². The minimum absolute atomic E-state index is 0.0601. The molecule has 1 unspecified atom stereocenters. The molecule has 0 bridgehead atoms. The van der Waals surface area contributed by atoms with Crippen LogP contribution >= 0.6 is 0 Å². The summed E-state index contributed by atoms with van der Waals surface area (Å²) in [5.74, 6) is 0.381. The highest BCUT2D eigenvalue weighted by molar-refractivity contribution is 5.92. The first-order valence-corrected chi connectivity index (χ1v) is 7.75. The summed E-state index contributed by atoms with van der Waals surface area (Å²) in [6, 6.07) is 11.8. The average molecular weight is 312 g/mol. The van der Waals surface area contributed by atoms with Crippen molar-refractivity contribution in [3.05, 3.63) is 53.9 Å². The van der Waals surface area contributed by atoms with Gasteiger partial charge in [-0.1, -0.05) is 30.3 Å². The van der Waals surface area contributed by atoms with Crippen LogP contribution in [0.2, 0.25) is 0 Å². The average Bonchev–Trinajstić information content (AvgIpc) is 2.63. The predicted octanol–water partition coefficient (Wildman–Crippen LogP) is 2.12. The van der Waals surface area contributed by atoms with Crippen molar-refractivity contribution in [1.29, 1.82) is 0 Å². The molecule has 6 nitrogen and oxygen atoms in total. The largest absolute Gasteiger partial charge is 0.378 e. The fourth-order valence-corrected chi connectivity index (χ4v) is 2.49. The Morgan fingerprint density at radius 1 is 1.22 bits per heavy atom. The number of hydrogen-bond acceptors (Lipinski definition) is 5. The van der Waals surface area contributed by atoms with E-state index in [1.807, 2.05) is 37.3 Å². The van der Waals surface area contributed by atoms with Crippen LogP contribution in [-0.4, -0.2) is 47.1 Å². The fourth-order valence-electron chi connectivity index (χ4n) is 2.49. The molecule has 1 aromatic heterocycles. The monoisotopic (exact) mass is 312 g/mol. The topological polar surface area (TPSA) is 67.4 Å². The van der Waals surface area contributed by atoms with Crippen molar-refractivity contribution in [2.75, 3.05) is 31.6 Å². The zero-order valence-corrected chi connectivity index (χ0v) is 13.1. The first-order valence-electron chi connectivity index (χ1n) is 7.75. The van der Waals surface area contributed by atoms with Crippen LogP contribution in [0.5, 0.6) is 0 Å². The highest BCUT2D eigenvalue weighted by Gasteiger charge is 2.20. The van der Waals surface area contributed by atoms with Gasteiger partial charge in [0.05, 0.1) is 19.3 Å². The summed E-state index contributed by atoms with van der Waals surface area (Å²) in [4.78, 5) is 22.8. The molecule has 1 N–H and O–H groups in total. The van der Waals surface area contributed by atoms with E-state index < -0.39 is 0 Å². The van der Waals surface area contributed by atoms with Crippen LogP contribution in [0.4, 0.5) is 5.95 Å². The molecule has 0 saturated carbocycles. The molecule has 0 aliphatic carbocycles. The Bertz CT molecular complexity index is 657. The smallest absolute Gasteiger partial charge is 0.272 e. The summed E-state index contributed by atoms with van der Waals surface area (Å²) >= 11 is 0. The SMILES string of the molecule is CC(Nc1nccc(C(=O)N2CCOCC2)n1)c1ccccc1. The molecule has 1 aromatic carbocycles. The summed E-state index contributed by atoms with van der Waals surface area (Å²) in [7, 11) is 0. The summed E-state index contributed by atoms with van der Waals surface area (Å²) in [5, 5.41) is 3.24. The molecule has 0 radical (unpaired) electrons. The maximum atomic E-state index is 12.5. The molecule has 1 atom stereocenters. The molecule has 0 spiro atoms. The Kier molecular flexibility index (Phi) is 4.83. The number of amides is 1. The Morgan fingerprint density at radius 2 is 1.96 bits per heavy atom. The summed E-state index contributed by atoms with van der Waals surface area (Å²) in [6.07, 6.45) is 1.61. The van der Waals surface area contributed by atoms with E-state index in [0.29, 0.717) is 37.9 Å². The molecule has 6 heteroatoms. The molecule has 2 aromatic rings. The van der Waals surface area contributed by atoms with Crippen molar-refractivity contribution in [3.63, 3.8) is 0 Å². The van der Waals surface area contributed by atoms with Crippen LogP contribution in [0.25, 0.3) is 0 Å². The van der Waals surface area contributed by atoms with Gasteiger partial charge in [0, 0.05) is 19.3 Å². The number of nitrogens with one attached hydrogen (secondary N) is 1. The van der Waals surface area contributed by atoms with Gasteiger partial charge in [-0.25, -0.2) is 9.97 Å². The Morgan fingerprint density at radius 3 is 2.70 bits per heavy atom. The number of nitrogens with zero attached hydrogens (tertiary/aromatic N) is 3. The molecule has 1 aliphatic heterocycles. The quantitative estimate of drug-likeness (QED) is 0.936. The van der Waals surface area contributed by atoms with Crippen molar-refractivity contribution in [2.24, 2.45) is 0 Å². The van der Waals surface area contributed by atoms with E-state index in [1.54, 1.807) is 17.2 Å². The zero-order valence-electron chi connectivity index (χ0n) is 13.1. The Balaban J connectivity index is 1.71. The van der Waals surface area contributed by atoms with Crippen molar-refractivity contribution >= 4 is 11.9 Å². The van der Waals surface area contributed by atoms with E-state index in [1.165, 1.54) is 0 Å². The maximum absolute atomic E-state index is 12.5. The molecule has 1 saturated heterocycles. The van der Waals surface area contributed by atoms with Crippen LogP contribution in [0, 0.1) is 0 Å². The number of morpholine rings is 1. The summed E-state index contributed by atoms with van der Waals surface area (Å²) < 4.78 is 5.27. The maximum Gasteiger partial charge on any atom is 0.272 e. The summed E-state index contributed by atoms with van der Waals surface area (Å²) in [6.45, 7) is 4.40. The van der Waals surface area contributed by atoms with Gasteiger partial charge in [0.2, 0.25) is 5.95 Å². The minimum atomic E-state index is -0.0777. The Labute approximate surface area is 135 Å². The normalized spacial score (nSPS) is 16.0. The standard InChI is InChI=1S/C17H20N4O2/c1-13(14-5-3-2-4-6-14)19-17-18-8-7-15(20-17)16(22)21-9-11-23-12-10-21/h2-8,13H,9-12H2,1H3,(H,18,19,20). The van der Waals surface area contributed by atoms with E-state index >= 15 is 0 Å². The third-order valence-corrected chi connectivity index (χ3v) is 3.82. The molecule has 1 aliphatic rings. The number of anilines is 1.